The molecule has 1 aliphatic carbocycles. The van der Waals surface area contributed by atoms with Crippen LogP contribution in [0.1, 0.15) is 40.0 Å². The van der Waals surface area contributed by atoms with Crippen LogP contribution in [0.15, 0.2) is 0 Å². The quantitative estimate of drug-likeness (QED) is 0.808. The molecule has 1 saturated carbocycles. The first-order valence-electron chi connectivity index (χ1n) is 8.00. The highest BCUT2D eigenvalue weighted by Gasteiger charge is 2.32. The molecule has 4 nitrogen and oxygen atoms in total. The van der Waals surface area contributed by atoms with Gasteiger partial charge in [0.05, 0.1) is 0 Å². The Bertz CT molecular complexity index is 304. The molecule has 1 amide bonds. The predicted molar refractivity (Wildman–Crippen MR) is 84.5 cm³/mol. The van der Waals surface area contributed by atoms with E-state index < -0.39 is 0 Å². The molecule has 0 aliphatic heterocycles. The molecular weight excluding hydrogens is 250 g/mol. The maximum atomic E-state index is 12.8. The molecule has 3 atom stereocenters. The van der Waals surface area contributed by atoms with Crippen molar-refractivity contribution in [2.24, 2.45) is 23.5 Å². The van der Waals surface area contributed by atoms with Gasteiger partial charge in [-0.25, -0.2) is 0 Å². The lowest BCUT2D eigenvalue weighted by atomic mass is 9.79. The van der Waals surface area contributed by atoms with Crippen molar-refractivity contribution in [1.29, 1.82) is 0 Å². The third kappa shape index (κ3) is 5.41. The summed E-state index contributed by atoms with van der Waals surface area (Å²) in [6, 6.07) is 0.187. The number of amides is 1. The minimum Gasteiger partial charge on any atom is -0.341 e. The van der Waals surface area contributed by atoms with E-state index in [2.05, 4.69) is 44.7 Å². The molecule has 3 unspecified atom stereocenters. The Morgan fingerprint density at radius 1 is 1.25 bits per heavy atom. The Labute approximate surface area is 124 Å². The number of nitrogens with two attached hydrogens (primary N) is 1. The second-order valence-electron chi connectivity index (χ2n) is 7.13. The molecule has 0 aromatic heterocycles. The van der Waals surface area contributed by atoms with Crippen LogP contribution in [0.2, 0.25) is 0 Å². The molecule has 0 bridgehead atoms. The zero-order chi connectivity index (χ0) is 15.3. The van der Waals surface area contributed by atoms with Crippen molar-refractivity contribution in [3.05, 3.63) is 0 Å². The fourth-order valence-electron chi connectivity index (χ4n) is 2.89. The number of hydrogen-bond donors (Lipinski definition) is 1. The van der Waals surface area contributed by atoms with Gasteiger partial charge in [0.2, 0.25) is 5.91 Å². The molecule has 0 aromatic carbocycles. The fraction of sp³-hybridized carbons (Fsp3) is 0.938. The number of carbonyl (C=O) groups excluding carboxylic acids is 1. The van der Waals surface area contributed by atoms with E-state index in [4.69, 9.17) is 5.73 Å². The van der Waals surface area contributed by atoms with Crippen molar-refractivity contribution in [3.8, 4) is 0 Å². The van der Waals surface area contributed by atoms with Crippen LogP contribution in [0.5, 0.6) is 0 Å². The number of likely N-dealkylation sites (N-methyl/N-ethyl adjacent to an activating group) is 1. The molecule has 0 spiro atoms. The van der Waals surface area contributed by atoms with E-state index >= 15 is 0 Å². The summed E-state index contributed by atoms with van der Waals surface area (Å²) in [4.78, 5) is 16.9. The third-order valence-electron chi connectivity index (χ3n) is 4.32. The van der Waals surface area contributed by atoms with Crippen LogP contribution in [0.25, 0.3) is 0 Å². The summed E-state index contributed by atoms with van der Waals surface area (Å²) in [6.45, 7) is 9.14. The average Bonchev–Trinajstić information content (AvgIpc) is 2.36. The van der Waals surface area contributed by atoms with Gasteiger partial charge in [-0.05, 0) is 45.2 Å². The Morgan fingerprint density at radius 2 is 1.90 bits per heavy atom. The third-order valence-corrected chi connectivity index (χ3v) is 4.32. The summed E-state index contributed by atoms with van der Waals surface area (Å²) < 4.78 is 0. The Hall–Kier alpha value is -0.610. The van der Waals surface area contributed by atoms with Crippen LogP contribution < -0.4 is 5.73 Å². The van der Waals surface area contributed by atoms with E-state index in [1.165, 1.54) is 0 Å². The van der Waals surface area contributed by atoms with Crippen molar-refractivity contribution in [1.82, 2.24) is 9.80 Å². The molecule has 0 radical (unpaired) electrons. The van der Waals surface area contributed by atoms with E-state index in [-0.39, 0.29) is 12.0 Å². The summed E-state index contributed by atoms with van der Waals surface area (Å²) in [5, 5.41) is 0. The molecule has 2 N–H and O–H groups in total. The summed E-state index contributed by atoms with van der Waals surface area (Å²) in [6.07, 6.45) is 2.95. The first-order chi connectivity index (χ1) is 9.31. The topological polar surface area (TPSA) is 49.6 Å². The molecule has 4 heteroatoms. The van der Waals surface area contributed by atoms with Gasteiger partial charge in [-0.1, -0.05) is 20.8 Å². The number of carbonyl (C=O) groups is 1. The monoisotopic (exact) mass is 283 g/mol. The van der Waals surface area contributed by atoms with Gasteiger partial charge in [0.15, 0.2) is 0 Å². The van der Waals surface area contributed by atoms with E-state index in [9.17, 15) is 4.79 Å². The Morgan fingerprint density at radius 3 is 2.40 bits per heavy atom. The van der Waals surface area contributed by atoms with Gasteiger partial charge in [0.25, 0.3) is 0 Å². The molecular formula is C16H33N3O. The van der Waals surface area contributed by atoms with Crippen LogP contribution >= 0.6 is 0 Å². The summed E-state index contributed by atoms with van der Waals surface area (Å²) in [7, 11) is 4.10. The van der Waals surface area contributed by atoms with Gasteiger partial charge in [0, 0.05) is 31.6 Å². The lowest BCUT2D eigenvalue weighted by Gasteiger charge is -2.35. The van der Waals surface area contributed by atoms with E-state index in [0.29, 0.717) is 17.7 Å². The Kier molecular flexibility index (Phi) is 6.96. The van der Waals surface area contributed by atoms with Gasteiger partial charge in [-0.3, -0.25) is 4.79 Å². The predicted octanol–water partition coefficient (Wildman–Crippen LogP) is 1.80. The number of hydrogen-bond acceptors (Lipinski definition) is 3. The molecule has 0 aromatic rings. The largest absolute Gasteiger partial charge is 0.341 e. The minimum atomic E-state index is 0.141. The summed E-state index contributed by atoms with van der Waals surface area (Å²) in [5.74, 6) is 1.53. The van der Waals surface area contributed by atoms with E-state index in [0.717, 1.165) is 38.9 Å². The second-order valence-corrected chi connectivity index (χ2v) is 7.13. The van der Waals surface area contributed by atoms with Crippen LogP contribution in [0.3, 0.4) is 0 Å². The highest BCUT2D eigenvalue weighted by molar-refractivity contribution is 5.79. The highest BCUT2D eigenvalue weighted by atomic mass is 16.2. The zero-order valence-electron chi connectivity index (χ0n) is 13.9. The van der Waals surface area contributed by atoms with Crippen molar-refractivity contribution in [3.63, 3.8) is 0 Å². The minimum absolute atomic E-state index is 0.141. The van der Waals surface area contributed by atoms with Crippen molar-refractivity contribution >= 4 is 5.91 Å². The fourth-order valence-corrected chi connectivity index (χ4v) is 2.89. The zero-order valence-corrected chi connectivity index (χ0v) is 13.9. The van der Waals surface area contributed by atoms with Crippen LogP contribution in [0, 0.1) is 17.8 Å². The van der Waals surface area contributed by atoms with Crippen LogP contribution in [0.4, 0.5) is 0 Å². The summed E-state index contributed by atoms with van der Waals surface area (Å²) in [5.41, 5.74) is 6.15. The van der Waals surface area contributed by atoms with Gasteiger partial charge >= 0.3 is 0 Å². The number of rotatable bonds is 6. The molecule has 0 heterocycles. The second kappa shape index (κ2) is 7.99. The lowest BCUT2D eigenvalue weighted by Crippen LogP contribution is -2.46. The van der Waals surface area contributed by atoms with Gasteiger partial charge in [-0.2, -0.15) is 0 Å². The first kappa shape index (κ1) is 17.4. The van der Waals surface area contributed by atoms with Crippen molar-refractivity contribution < 1.29 is 4.79 Å². The van der Waals surface area contributed by atoms with Crippen LogP contribution in [-0.2, 0) is 4.79 Å². The normalized spacial score (nSPS) is 27.1. The number of nitrogens with zero attached hydrogens (tertiary/aromatic N) is 2. The van der Waals surface area contributed by atoms with E-state index in [1.54, 1.807) is 0 Å². The maximum Gasteiger partial charge on any atom is 0.225 e. The van der Waals surface area contributed by atoms with Gasteiger partial charge in [-0.15, -0.1) is 0 Å². The first-order valence-corrected chi connectivity index (χ1v) is 8.00. The molecule has 118 valence electrons. The lowest BCUT2D eigenvalue weighted by molar-refractivity contribution is -0.137. The standard InChI is InChI=1S/C16H33N3O/c1-12(2)11-19(9-8-18(4)5)16(20)14-7-6-13(3)15(17)10-14/h12-15H,6-11,17H2,1-5H3. The van der Waals surface area contributed by atoms with Crippen LogP contribution in [-0.4, -0.2) is 55.5 Å². The van der Waals surface area contributed by atoms with Crippen molar-refractivity contribution in [2.75, 3.05) is 33.7 Å². The Balaban J connectivity index is 2.61. The molecule has 20 heavy (non-hydrogen) atoms. The van der Waals surface area contributed by atoms with Gasteiger partial charge in [0.1, 0.15) is 0 Å². The molecule has 1 aliphatic rings. The smallest absolute Gasteiger partial charge is 0.225 e. The van der Waals surface area contributed by atoms with E-state index in [1.807, 2.05) is 0 Å². The van der Waals surface area contributed by atoms with Crippen molar-refractivity contribution in [2.45, 2.75) is 46.1 Å². The SMILES string of the molecule is CC(C)CN(CCN(C)C)C(=O)C1CCC(C)C(N)C1. The average molecular weight is 283 g/mol. The highest BCUT2D eigenvalue weighted by Crippen LogP contribution is 2.29. The summed E-state index contributed by atoms with van der Waals surface area (Å²) >= 11 is 0. The van der Waals surface area contributed by atoms with Gasteiger partial charge < -0.3 is 15.5 Å². The molecule has 1 rings (SSSR count). The maximum absolute atomic E-state index is 12.8. The molecule has 0 saturated heterocycles. The molecule has 1 fully saturated rings.